The summed E-state index contributed by atoms with van der Waals surface area (Å²) in [6.07, 6.45) is 4.51. The van der Waals surface area contributed by atoms with Crippen LogP contribution in [0, 0.1) is 23.7 Å². The fourth-order valence-electron chi connectivity index (χ4n) is 3.52. The Bertz CT molecular complexity index is 162. The van der Waals surface area contributed by atoms with Crippen LogP contribution in [0.25, 0.3) is 0 Å². The maximum absolute atomic E-state index is 2.51. The van der Waals surface area contributed by atoms with Crippen LogP contribution in [0.1, 0.15) is 33.1 Å². The Morgan fingerprint density at radius 1 is 1.15 bits per heavy atom. The molecule has 0 aromatic carbocycles. The average Bonchev–Trinajstić information content (AvgIpc) is 2.41. The van der Waals surface area contributed by atoms with E-state index >= 15 is 0 Å². The molecule has 1 nitrogen and oxygen atoms in total. The fourth-order valence-corrected chi connectivity index (χ4v) is 3.52. The van der Waals surface area contributed by atoms with Gasteiger partial charge in [-0.15, -0.1) is 0 Å². The number of hydrogen-bond donors (Lipinski definition) is 0. The van der Waals surface area contributed by atoms with Gasteiger partial charge in [0.1, 0.15) is 0 Å². The Hall–Kier alpha value is -0.0400. The monoisotopic (exact) mass is 181 g/mol. The van der Waals surface area contributed by atoms with E-state index in [0.29, 0.717) is 0 Å². The second kappa shape index (κ2) is 3.61. The standard InChI is InChI=1S/C12H23N/c1-9(2)4-10-5-11-7-13(3)8-12(11)6-10/h9-12H,4-8H2,1-3H3/t10-,11+,12-. The zero-order chi connectivity index (χ0) is 9.42. The van der Waals surface area contributed by atoms with Crippen LogP contribution in [0.5, 0.6) is 0 Å². The van der Waals surface area contributed by atoms with Crippen LogP contribution < -0.4 is 0 Å². The van der Waals surface area contributed by atoms with Gasteiger partial charge in [-0.2, -0.15) is 0 Å². The summed E-state index contributed by atoms with van der Waals surface area (Å²) in [5.41, 5.74) is 0. The van der Waals surface area contributed by atoms with Crippen molar-refractivity contribution >= 4 is 0 Å². The fraction of sp³-hybridized carbons (Fsp3) is 1.00. The lowest BCUT2D eigenvalue weighted by Gasteiger charge is -2.15. The van der Waals surface area contributed by atoms with E-state index < -0.39 is 0 Å². The summed E-state index contributed by atoms with van der Waals surface area (Å²) >= 11 is 0. The topological polar surface area (TPSA) is 3.24 Å². The molecule has 0 bridgehead atoms. The van der Waals surface area contributed by atoms with E-state index in [-0.39, 0.29) is 0 Å². The molecule has 13 heavy (non-hydrogen) atoms. The van der Waals surface area contributed by atoms with Crippen molar-refractivity contribution in [2.45, 2.75) is 33.1 Å². The number of likely N-dealkylation sites (tertiary alicyclic amines) is 1. The zero-order valence-corrected chi connectivity index (χ0v) is 9.29. The quantitative estimate of drug-likeness (QED) is 0.633. The summed E-state index contributed by atoms with van der Waals surface area (Å²) in [6.45, 7) is 7.47. The smallest absolute Gasteiger partial charge is 0.000996 e. The van der Waals surface area contributed by atoms with Gasteiger partial charge in [0.05, 0.1) is 0 Å². The van der Waals surface area contributed by atoms with Crippen molar-refractivity contribution in [1.29, 1.82) is 0 Å². The molecule has 76 valence electrons. The Morgan fingerprint density at radius 3 is 2.15 bits per heavy atom. The van der Waals surface area contributed by atoms with Crippen molar-refractivity contribution in [3.05, 3.63) is 0 Å². The molecular weight excluding hydrogens is 158 g/mol. The first-order valence-corrected chi connectivity index (χ1v) is 5.83. The Labute approximate surface area is 82.5 Å². The molecule has 1 saturated heterocycles. The third kappa shape index (κ3) is 2.07. The third-order valence-electron chi connectivity index (χ3n) is 3.84. The summed E-state index contributed by atoms with van der Waals surface area (Å²) in [7, 11) is 2.27. The summed E-state index contributed by atoms with van der Waals surface area (Å²) in [6, 6.07) is 0. The zero-order valence-electron chi connectivity index (χ0n) is 9.29. The largest absolute Gasteiger partial charge is 0.306 e. The second-order valence-electron chi connectivity index (χ2n) is 5.71. The summed E-state index contributed by atoms with van der Waals surface area (Å²) < 4.78 is 0. The van der Waals surface area contributed by atoms with Crippen LogP contribution in [0.15, 0.2) is 0 Å². The van der Waals surface area contributed by atoms with Gasteiger partial charge in [-0.05, 0) is 50.0 Å². The molecule has 3 atom stereocenters. The predicted octanol–water partition coefficient (Wildman–Crippen LogP) is 2.62. The van der Waals surface area contributed by atoms with Gasteiger partial charge in [-0.1, -0.05) is 13.8 Å². The van der Waals surface area contributed by atoms with E-state index in [2.05, 4.69) is 25.8 Å². The Morgan fingerprint density at radius 2 is 1.69 bits per heavy atom. The van der Waals surface area contributed by atoms with Crippen LogP contribution in [0.2, 0.25) is 0 Å². The highest BCUT2D eigenvalue weighted by molar-refractivity contribution is 4.91. The number of nitrogens with zero attached hydrogens (tertiary/aromatic N) is 1. The van der Waals surface area contributed by atoms with E-state index in [1.54, 1.807) is 0 Å². The first-order chi connectivity index (χ1) is 6.15. The molecule has 0 spiro atoms. The molecule has 1 heterocycles. The second-order valence-corrected chi connectivity index (χ2v) is 5.71. The minimum atomic E-state index is 0.904. The van der Waals surface area contributed by atoms with Crippen molar-refractivity contribution in [2.24, 2.45) is 23.7 Å². The van der Waals surface area contributed by atoms with Crippen LogP contribution in [-0.4, -0.2) is 25.0 Å². The maximum Gasteiger partial charge on any atom is 0.000996 e. The Balaban J connectivity index is 1.83. The van der Waals surface area contributed by atoms with E-state index in [1.165, 1.54) is 32.4 Å². The minimum absolute atomic E-state index is 0.904. The van der Waals surface area contributed by atoms with Crippen LogP contribution in [0.4, 0.5) is 0 Å². The van der Waals surface area contributed by atoms with Gasteiger partial charge >= 0.3 is 0 Å². The summed E-state index contributed by atoms with van der Waals surface area (Å²) in [4.78, 5) is 2.51. The van der Waals surface area contributed by atoms with E-state index in [1.807, 2.05) is 0 Å². The summed E-state index contributed by atoms with van der Waals surface area (Å²) in [5.74, 6) is 4.06. The lowest BCUT2D eigenvalue weighted by atomic mass is 9.94. The molecular formula is C12H23N. The van der Waals surface area contributed by atoms with Gasteiger partial charge in [-0.25, -0.2) is 0 Å². The first-order valence-electron chi connectivity index (χ1n) is 5.83. The van der Waals surface area contributed by atoms with Crippen LogP contribution >= 0.6 is 0 Å². The number of rotatable bonds is 2. The molecule has 1 heteroatoms. The minimum Gasteiger partial charge on any atom is -0.306 e. The highest BCUT2D eigenvalue weighted by atomic mass is 15.1. The van der Waals surface area contributed by atoms with E-state index in [9.17, 15) is 0 Å². The van der Waals surface area contributed by atoms with E-state index in [0.717, 1.165) is 23.7 Å². The predicted molar refractivity (Wildman–Crippen MR) is 56.7 cm³/mol. The molecule has 2 fully saturated rings. The lowest BCUT2D eigenvalue weighted by molar-refractivity contribution is 0.330. The molecule has 0 amide bonds. The van der Waals surface area contributed by atoms with Gasteiger partial charge in [0.25, 0.3) is 0 Å². The van der Waals surface area contributed by atoms with Gasteiger partial charge < -0.3 is 4.90 Å². The highest BCUT2D eigenvalue weighted by Gasteiger charge is 2.39. The third-order valence-corrected chi connectivity index (χ3v) is 3.84. The van der Waals surface area contributed by atoms with Crippen molar-refractivity contribution in [3.63, 3.8) is 0 Å². The van der Waals surface area contributed by atoms with Gasteiger partial charge in [0, 0.05) is 13.1 Å². The molecule has 0 N–H and O–H groups in total. The molecule has 2 aliphatic rings. The van der Waals surface area contributed by atoms with Crippen LogP contribution in [-0.2, 0) is 0 Å². The highest BCUT2D eigenvalue weighted by Crippen LogP contribution is 2.43. The molecule has 0 unspecified atom stereocenters. The van der Waals surface area contributed by atoms with E-state index in [4.69, 9.17) is 0 Å². The molecule has 0 radical (unpaired) electrons. The van der Waals surface area contributed by atoms with Crippen molar-refractivity contribution < 1.29 is 0 Å². The van der Waals surface area contributed by atoms with Crippen molar-refractivity contribution in [1.82, 2.24) is 4.90 Å². The van der Waals surface area contributed by atoms with Crippen molar-refractivity contribution in [2.75, 3.05) is 20.1 Å². The molecule has 1 saturated carbocycles. The van der Waals surface area contributed by atoms with Gasteiger partial charge in [-0.3, -0.25) is 0 Å². The SMILES string of the molecule is CC(C)C[C@H]1C[C@@H]2CN(C)C[C@@H]2C1. The normalized spacial score (nSPS) is 40.2. The molecule has 1 aliphatic heterocycles. The van der Waals surface area contributed by atoms with Gasteiger partial charge in [0.2, 0.25) is 0 Å². The Kier molecular flexibility index (Phi) is 2.64. The molecule has 1 aliphatic carbocycles. The average molecular weight is 181 g/mol. The number of hydrogen-bond acceptors (Lipinski definition) is 1. The summed E-state index contributed by atoms with van der Waals surface area (Å²) in [5, 5.41) is 0. The first kappa shape index (κ1) is 9.51. The molecule has 0 aromatic heterocycles. The molecule has 0 aromatic rings. The van der Waals surface area contributed by atoms with Gasteiger partial charge in [0.15, 0.2) is 0 Å². The lowest BCUT2D eigenvalue weighted by Crippen LogP contribution is -2.16. The van der Waals surface area contributed by atoms with Crippen LogP contribution in [0.3, 0.4) is 0 Å². The van der Waals surface area contributed by atoms with Crippen molar-refractivity contribution in [3.8, 4) is 0 Å². The number of fused-ring (bicyclic) bond motifs is 1. The molecule has 2 rings (SSSR count). The maximum atomic E-state index is 2.51.